The number of morpholine rings is 1. The molecule has 0 aromatic heterocycles. The molecule has 0 bridgehead atoms. The van der Waals surface area contributed by atoms with Crippen molar-refractivity contribution in [2.75, 3.05) is 46.7 Å². The van der Waals surface area contributed by atoms with Crippen molar-refractivity contribution in [1.29, 1.82) is 0 Å². The lowest BCUT2D eigenvalue weighted by Gasteiger charge is -2.40. The van der Waals surface area contributed by atoms with Crippen LogP contribution in [0.4, 0.5) is 0 Å². The summed E-state index contributed by atoms with van der Waals surface area (Å²) in [6.07, 6.45) is 1.23. The van der Waals surface area contributed by atoms with E-state index in [1.54, 1.807) is 7.11 Å². The molecule has 0 spiro atoms. The summed E-state index contributed by atoms with van der Waals surface area (Å²) in [5.41, 5.74) is 0. The summed E-state index contributed by atoms with van der Waals surface area (Å²) in [6, 6.07) is 0. The van der Waals surface area contributed by atoms with Crippen LogP contribution >= 0.6 is 0 Å². The zero-order chi connectivity index (χ0) is 8.86. The third-order valence-electron chi connectivity index (χ3n) is 2.52. The van der Waals surface area contributed by atoms with Crippen LogP contribution in [0.1, 0.15) is 13.3 Å². The Labute approximate surface area is 74.8 Å². The van der Waals surface area contributed by atoms with Gasteiger partial charge in [0.05, 0.1) is 19.8 Å². The van der Waals surface area contributed by atoms with Gasteiger partial charge in [0.15, 0.2) is 6.73 Å². The quantitative estimate of drug-likeness (QED) is 0.588. The molecule has 0 N–H and O–H groups in total. The second-order valence-electron chi connectivity index (χ2n) is 3.54. The molecule has 0 atom stereocenters. The number of ether oxygens (including phenoxy) is 2. The molecule has 0 saturated carbocycles. The van der Waals surface area contributed by atoms with Gasteiger partial charge in [-0.3, -0.25) is 4.48 Å². The van der Waals surface area contributed by atoms with Gasteiger partial charge in [-0.2, -0.15) is 0 Å². The number of methoxy groups -OCH3 is 1. The van der Waals surface area contributed by atoms with E-state index in [-0.39, 0.29) is 0 Å². The maximum atomic E-state index is 5.35. The van der Waals surface area contributed by atoms with Crippen molar-refractivity contribution in [1.82, 2.24) is 0 Å². The molecule has 1 aliphatic heterocycles. The van der Waals surface area contributed by atoms with E-state index in [4.69, 9.17) is 9.47 Å². The average Bonchev–Trinajstić information content (AvgIpc) is 2.07. The predicted molar refractivity (Wildman–Crippen MR) is 47.8 cm³/mol. The second-order valence-corrected chi connectivity index (χ2v) is 3.54. The van der Waals surface area contributed by atoms with Gasteiger partial charge in [0.25, 0.3) is 0 Å². The Morgan fingerprint density at radius 3 is 2.50 bits per heavy atom. The molecule has 0 aromatic rings. The molecule has 3 heteroatoms. The summed E-state index contributed by atoms with van der Waals surface area (Å²) in [5.74, 6) is 0. The molecule has 0 amide bonds. The van der Waals surface area contributed by atoms with E-state index in [2.05, 4.69) is 6.92 Å². The highest BCUT2D eigenvalue weighted by Crippen LogP contribution is 2.11. The third kappa shape index (κ3) is 2.44. The van der Waals surface area contributed by atoms with Crippen molar-refractivity contribution >= 4 is 0 Å². The zero-order valence-corrected chi connectivity index (χ0v) is 8.21. The van der Waals surface area contributed by atoms with Crippen LogP contribution in [-0.4, -0.2) is 51.2 Å². The van der Waals surface area contributed by atoms with Gasteiger partial charge < -0.3 is 9.47 Å². The highest BCUT2D eigenvalue weighted by atomic mass is 16.5. The van der Waals surface area contributed by atoms with E-state index < -0.39 is 0 Å². The van der Waals surface area contributed by atoms with Crippen LogP contribution in [0.15, 0.2) is 0 Å². The molecule has 1 aliphatic rings. The number of hydrogen-bond donors (Lipinski definition) is 0. The summed E-state index contributed by atoms with van der Waals surface area (Å²) in [6.45, 7) is 8.30. The number of hydrogen-bond acceptors (Lipinski definition) is 2. The standard InChI is InChI=1S/C9H20NO2/c1-3-4-10(9-11-2)5-7-12-8-6-10/h3-9H2,1-2H3/q+1. The Morgan fingerprint density at radius 2 is 2.00 bits per heavy atom. The summed E-state index contributed by atoms with van der Waals surface area (Å²) in [4.78, 5) is 0. The summed E-state index contributed by atoms with van der Waals surface area (Å²) >= 11 is 0. The molecule has 0 unspecified atom stereocenters. The van der Waals surface area contributed by atoms with Crippen molar-refractivity contribution in [2.24, 2.45) is 0 Å². The van der Waals surface area contributed by atoms with E-state index in [1.165, 1.54) is 13.0 Å². The number of nitrogens with zero attached hydrogens (tertiary/aromatic N) is 1. The molecule has 12 heavy (non-hydrogen) atoms. The minimum atomic E-state index is 0.844. The van der Waals surface area contributed by atoms with Gasteiger partial charge in [0, 0.05) is 7.11 Å². The van der Waals surface area contributed by atoms with Gasteiger partial charge in [-0.15, -0.1) is 0 Å². The van der Waals surface area contributed by atoms with Crippen molar-refractivity contribution in [3.63, 3.8) is 0 Å². The first-order valence-corrected chi connectivity index (χ1v) is 4.75. The topological polar surface area (TPSA) is 18.5 Å². The zero-order valence-electron chi connectivity index (χ0n) is 8.21. The Morgan fingerprint density at radius 1 is 1.33 bits per heavy atom. The maximum absolute atomic E-state index is 5.35. The molecule has 1 rings (SSSR count). The number of rotatable bonds is 4. The minimum absolute atomic E-state index is 0.844. The SMILES string of the molecule is CCC[N+]1(COC)CCOCC1. The Hall–Kier alpha value is -0.120. The molecule has 1 heterocycles. The highest BCUT2D eigenvalue weighted by molar-refractivity contribution is 4.47. The van der Waals surface area contributed by atoms with Gasteiger partial charge >= 0.3 is 0 Å². The molecule has 1 fully saturated rings. The van der Waals surface area contributed by atoms with Gasteiger partial charge in [-0.1, -0.05) is 6.92 Å². The lowest BCUT2D eigenvalue weighted by atomic mass is 10.3. The minimum Gasteiger partial charge on any atom is -0.370 e. The van der Waals surface area contributed by atoms with E-state index in [1.807, 2.05) is 0 Å². The number of quaternary nitrogens is 1. The fourth-order valence-corrected chi connectivity index (χ4v) is 1.90. The maximum Gasteiger partial charge on any atom is 0.182 e. The van der Waals surface area contributed by atoms with Crippen molar-refractivity contribution < 1.29 is 14.0 Å². The summed E-state index contributed by atoms with van der Waals surface area (Å²) in [7, 11) is 1.78. The Kier molecular flexibility index (Phi) is 3.98. The van der Waals surface area contributed by atoms with Crippen molar-refractivity contribution in [3.05, 3.63) is 0 Å². The van der Waals surface area contributed by atoms with Crippen LogP contribution in [0, 0.1) is 0 Å². The average molecular weight is 174 g/mol. The molecule has 0 aliphatic carbocycles. The Balaban J connectivity index is 2.44. The van der Waals surface area contributed by atoms with E-state index in [9.17, 15) is 0 Å². The molecular formula is C9H20NO2+. The smallest absolute Gasteiger partial charge is 0.182 e. The first-order chi connectivity index (χ1) is 5.83. The van der Waals surface area contributed by atoms with Crippen LogP contribution in [-0.2, 0) is 9.47 Å². The molecule has 0 radical (unpaired) electrons. The largest absolute Gasteiger partial charge is 0.370 e. The van der Waals surface area contributed by atoms with E-state index >= 15 is 0 Å². The van der Waals surface area contributed by atoms with Crippen LogP contribution in [0.2, 0.25) is 0 Å². The molecular weight excluding hydrogens is 154 g/mol. The van der Waals surface area contributed by atoms with Gasteiger partial charge in [-0.25, -0.2) is 0 Å². The fourth-order valence-electron chi connectivity index (χ4n) is 1.90. The van der Waals surface area contributed by atoms with Gasteiger partial charge in [-0.05, 0) is 6.42 Å². The monoisotopic (exact) mass is 174 g/mol. The summed E-state index contributed by atoms with van der Waals surface area (Å²) in [5, 5.41) is 0. The molecule has 72 valence electrons. The molecule has 3 nitrogen and oxygen atoms in total. The lowest BCUT2D eigenvalue weighted by molar-refractivity contribution is -0.951. The van der Waals surface area contributed by atoms with Gasteiger partial charge in [0.1, 0.15) is 13.1 Å². The Bertz CT molecular complexity index is 106. The van der Waals surface area contributed by atoms with Gasteiger partial charge in [0.2, 0.25) is 0 Å². The fraction of sp³-hybridized carbons (Fsp3) is 1.00. The second kappa shape index (κ2) is 4.80. The van der Waals surface area contributed by atoms with Crippen LogP contribution in [0.5, 0.6) is 0 Å². The lowest BCUT2D eigenvalue weighted by Crippen LogP contribution is -2.56. The van der Waals surface area contributed by atoms with Crippen LogP contribution in [0.25, 0.3) is 0 Å². The van der Waals surface area contributed by atoms with Crippen LogP contribution < -0.4 is 0 Å². The first kappa shape index (κ1) is 9.96. The highest BCUT2D eigenvalue weighted by Gasteiger charge is 2.28. The molecule has 1 saturated heterocycles. The predicted octanol–water partition coefficient (Wildman–Crippen LogP) is 0.847. The normalized spacial score (nSPS) is 22.5. The molecule has 0 aromatic carbocycles. The summed E-state index contributed by atoms with van der Waals surface area (Å²) < 4.78 is 11.7. The van der Waals surface area contributed by atoms with E-state index in [0.29, 0.717) is 0 Å². The van der Waals surface area contributed by atoms with Crippen molar-refractivity contribution in [2.45, 2.75) is 13.3 Å². The van der Waals surface area contributed by atoms with E-state index in [0.717, 1.165) is 37.5 Å². The van der Waals surface area contributed by atoms with Crippen LogP contribution in [0.3, 0.4) is 0 Å². The van der Waals surface area contributed by atoms with Crippen molar-refractivity contribution in [3.8, 4) is 0 Å². The first-order valence-electron chi connectivity index (χ1n) is 4.75. The third-order valence-corrected chi connectivity index (χ3v) is 2.52.